The van der Waals surface area contributed by atoms with E-state index in [0.717, 1.165) is 16.8 Å². The summed E-state index contributed by atoms with van der Waals surface area (Å²) in [6.07, 6.45) is 1.54. The van der Waals surface area contributed by atoms with Crippen molar-refractivity contribution in [2.45, 2.75) is 10.8 Å². The van der Waals surface area contributed by atoms with Crippen LogP contribution in [0.25, 0.3) is 11.2 Å². The minimum absolute atomic E-state index is 0.391. The van der Waals surface area contributed by atoms with Crippen molar-refractivity contribution in [3.8, 4) is 5.75 Å². The van der Waals surface area contributed by atoms with E-state index in [0.29, 0.717) is 16.4 Å². The van der Waals surface area contributed by atoms with Gasteiger partial charge in [0.2, 0.25) is 0 Å². The Morgan fingerprint density at radius 1 is 1.40 bits per heavy atom. The van der Waals surface area contributed by atoms with E-state index in [4.69, 9.17) is 4.74 Å². The molecule has 7 heteroatoms. The van der Waals surface area contributed by atoms with E-state index in [-0.39, 0.29) is 0 Å². The topological polar surface area (TPSA) is 83.7 Å². The molecule has 102 valence electrons. The number of aromatic nitrogens is 4. The minimum atomic E-state index is -0.391. The van der Waals surface area contributed by atoms with Gasteiger partial charge in [-0.3, -0.25) is 4.98 Å². The highest BCUT2D eigenvalue weighted by atomic mass is 32.2. The number of aromatic amines is 2. The Hall–Kier alpha value is -2.28. The third-order valence-corrected chi connectivity index (χ3v) is 3.84. The maximum atomic E-state index is 11.5. The number of rotatable bonds is 4. The van der Waals surface area contributed by atoms with Crippen molar-refractivity contribution in [2.75, 3.05) is 7.11 Å². The van der Waals surface area contributed by atoms with Gasteiger partial charge < -0.3 is 9.72 Å². The molecule has 0 bridgehead atoms. The maximum Gasteiger partial charge on any atom is 0.347 e. The second-order valence-corrected chi connectivity index (χ2v) is 5.08. The van der Waals surface area contributed by atoms with Crippen LogP contribution in [0.1, 0.15) is 5.56 Å². The molecule has 0 unspecified atom stereocenters. The summed E-state index contributed by atoms with van der Waals surface area (Å²) in [5, 5.41) is 0.643. The van der Waals surface area contributed by atoms with Gasteiger partial charge >= 0.3 is 5.69 Å². The molecule has 2 aromatic heterocycles. The molecule has 0 amide bonds. The molecule has 0 spiro atoms. The Morgan fingerprint density at radius 2 is 2.30 bits per heavy atom. The lowest BCUT2D eigenvalue weighted by atomic mass is 10.2. The van der Waals surface area contributed by atoms with E-state index in [2.05, 4.69) is 19.9 Å². The van der Waals surface area contributed by atoms with E-state index in [1.165, 1.54) is 18.1 Å². The van der Waals surface area contributed by atoms with Gasteiger partial charge in [0.1, 0.15) is 16.3 Å². The summed E-state index contributed by atoms with van der Waals surface area (Å²) >= 11 is 1.48. The summed E-state index contributed by atoms with van der Waals surface area (Å²) in [7, 11) is 1.64. The van der Waals surface area contributed by atoms with Gasteiger partial charge in [0.15, 0.2) is 5.65 Å². The first-order valence-corrected chi connectivity index (χ1v) is 6.94. The average Bonchev–Trinajstić information content (AvgIpc) is 2.93. The molecule has 3 rings (SSSR count). The zero-order valence-electron chi connectivity index (χ0n) is 10.7. The summed E-state index contributed by atoms with van der Waals surface area (Å²) in [5.74, 6) is 1.51. The molecule has 0 aliphatic heterocycles. The van der Waals surface area contributed by atoms with E-state index < -0.39 is 5.69 Å². The third kappa shape index (κ3) is 2.53. The molecule has 1 aromatic carbocycles. The van der Waals surface area contributed by atoms with Crippen molar-refractivity contribution in [1.82, 2.24) is 19.9 Å². The Labute approximate surface area is 118 Å². The molecule has 0 saturated heterocycles. The number of fused-ring (bicyclic) bond motifs is 1. The van der Waals surface area contributed by atoms with E-state index in [1.54, 1.807) is 7.11 Å². The molecule has 3 aromatic rings. The summed E-state index contributed by atoms with van der Waals surface area (Å²) < 4.78 is 5.19. The molecular weight excluding hydrogens is 276 g/mol. The molecule has 0 aliphatic rings. The Balaban J connectivity index is 1.86. The molecule has 0 atom stereocenters. The van der Waals surface area contributed by atoms with Crippen molar-refractivity contribution in [3.63, 3.8) is 0 Å². The van der Waals surface area contributed by atoms with Crippen LogP contribution in [-0.2, 0) is 5.75 Å². The van der Waals surface area contributed by atoms with Crippen LogP contribution >= 0.6 is 11.8 Å². The van der Waals surface area contributed by atoms with Crippen LogP contribution in [0.3, 0.4) is 0 Å². The lowest BCUT2D eigenvalue weighted by Crippen LogP contribution is -2.10. The predicted molar refractivity (Wildman–Crippen MR) is 77.1 cm³/mol. The van der Waals surface area contributed by atoms with Crippen molar-refractivity contribution >= 4 is 22.9 Å². The minimum Gasteiger partial charge on any atom is -0.497 e. The van der Waals surface area contributed by atoms with E-state index >= 15 is 0 Å². The van der Waals surface area contributed by atoms with Gasteiger partial charge in [-0.2, -0.15) is 4.98 Å². The van der Waals surface area contributed by atoms with Crippen LogP contribution in [0.2, 0.25) is 0 Å². The van der Waals surface area contributed by atoms with Crippen LogP contribution in [0.15, 0.2) is 40.4 Å². The lowest BCUT2D eigenvalue weighted by molar-refractivity contribution is 0.414. The van der Waals surface area contributed by atoms with Gasteiger partial charge in [0.05, 0.1) is 13.4 Å². The van der Waals surface area contributed by atoms with Crippen LogP contribution < -0.4 is 10.4 Å². The fraction of sp³-hybridized carbons (Fsp3) is 0.154. The van der Waals surface area contributed by atoms with Crippen molar-refractivity contribution in [1.29, 1.82) is 0 Å². The highest BCUT2D eigenvalue weighted by Gasteiger charge is 2.08. The average molecular weight is 288 g/mol. The Bertz CT molecular complexity index is 796. The molecule has 0 fully saturated rings. The van der Waals surface area contributed by atoms with Crippen molar-refractivity contribution in [3.05, 3.63) is 46.6 Å². The molecule has 2 heterocycles. The number of nitrogens with one attached hydrogen (secondary N) is 2. The summed E-state index contributed by atoms with van der Waals surface area (Å²) in [4.78, 5) is 25.0. The van der Waals surface area contributed by atoms with Crippen LogP contribution in [0.4, 0.5) is 0 Å². The monoisotopic (exact) mass is 288 g/mol. The number of methoxy groups -OCH3 is 1. The summed E-state index contributed by atoms with van der Waals surface area (Å²) in [5.41, 5.74) is 1.98. The highest BCUT2D eigenvalue weighted by Crippen LogP contribution is 2.25. The second-order valence-electron chi connectivity index (χ2n) is 4.11. The van der Waals surface area contributed by atoms with Gasteiger partial charge in [0, 0.05) is 5.75 Å². The zero-order chi connectivity index (χ0) is 13.9. The molecule has 6 nitrogen and oxygen atoms in total. The summed E-state index contributed by atoms with van der Waals surface area (Å²) in [6.45, 7) is 0. The number of imidazole rings is 1. The van der Waals surface area contributed by atoms with Crippen LogP contribution in [-0.4, -0.2) is 27.0 Å². The van der Waals surface area contributed by atoms with Gasteiger partial charge in [-0.05, 0) is 17.7 Å². The first kappa shape index (κ1) is 12.7. The largest absolute Gasteiger partial charge is 0.497 e. The van der Waals surface area contributed by atoms with Gasteiger partial charge in [-0.1, -0.05) is 23.9 Å². The Kier molecular flexibility index (Phi) is 3.42. The Morgan fingerprint density at radius 3 is 3.15 bits per heavy atom. The number of hydrogen-bond donors (Lipinski definition) is 2. The molecule has 2 N–H and O–H groups in total. The maximum absolute atomic E-state index is 11.5. The quantitative estimate of drug-likeness (QED) is 0.566. The number of benzene rings is 1. The van der Waals surface area contributed by atoms with E-state index in [9.17, 15) is 4.79 Å². The van der Waals surface area contributed by atoms with E-state index in [1.807, 2.05) is 24.3 Å². The predicted octanol–water partition coefficient (Wildman–Crippen LogP) is 1.95. The molecule has 0 radical (unpaired) electrons. The number of hydrogen-bond acceptors (Lipinski definition) is 5. The van der Waals surface area contributed by atoms with Gasteiger partial charge in [0.25, 0.3) is 0 Å². The first-order valence-electron chi connectivity index (χ1n) is 5.95. The molecular formula is C13H12N4O2S. The van der Waals surface area contributed by atoms with Gasteiger partial charge in [-0.15, -0.1) is 0 Å². The number of thioether (sulfide) groups is 1. The first-order chi connectivity index (χ1) is 9.76. The zero-order valence-corrected chi connectivity index (χ0v) is 11.5. The van der Waals surface area contributed by atoms with Crippen molar-refractivity contribution in [2.24, 2.45) is 0 Å². The number of ether oxygens (including phenoxy) is 1. The highest BCUT2D eigenvalue weighted by molar-refractivity contribution is 7.98. The fourth-order valence-electron chi connectivity index (χ4n) is 1.85. The smallest absolute Gasteiger partial charge is 0.347 e. The molecule has 20 heavy (non-hydrogen) atoms. The van der Waals surface area contributed by atoms with Gasteiger partial charge in [-0.25, -0.2) is 9.78 Å². The lowest BCUT2D eigenvalue weighted by Gasteiger charge is -2.04. The number of H-pyrrole nitrogens is 2. The normalized spacial score (nSPS) is 10.8. The second kappa shape index (κ2) is 5.38. The summed E-state index contributed by atoms with van der Waals surface area (Å²) in [6, 6.07) is 7.80. The van der Waals surface area contributed by atoms with Crippen LogP contribution in [0.5, 0.6) is 5.75 Å². The standard InChI is InChI=1S/C13H12N4O2S/c1-19-9-4-2-3-8(5-9)6-20-12-10-11(15-7-14-10)16-13(18)17-12/h2-5,7H,6H2,1H3,(H2,14,15,16,17,18). The third-order valence-electron chi connectivity index (χ3n) is 2.79. The SMILES string of the molecule is COc1cccc(CSc2nc(=O)[nH]c3nc[nH]c23)c1. The fourth-order valence-corrected chi connectivity index (χ4v) is 2.78. The molecule has 0 saturated carbocycles. The van der Waals surface area contributed by atoms with Crippen LogP contribution in [0, 0.1) is 0 Å². The number of nitrogens with zero attached hydrogens (tertiary/aromatic N) is 2. The molecule has 0 aliphatic carbocycles. The van der Waals surface area contributed by atoms with Crippen molar-refractivity contribution < 1.29 is 4.74 Å².